The van der Waals surface area contributed by atoms with E-state index in [4.69, 9.17) is 11.6 Å². The lowest BCUT2D eigenvalue weighted by Gasteiger charge is -2.32. The predicted octanol–water partition coefficient (Wildman–Crippen LogP) is 3.44. The Labute approximate surface area is 144 Å². The number of amides is 2. The number of likely N-dealkylation sites (tertiary alicyclic amines) is 1. The number of piperidine rings is 1. The number of hydrogen-bond acceptors (Lipinski definition) is 3. The molecule has 1 aromatic carbocycles. The highest BCUT2D eigenvalue weighted by molar-refractivity contribution is 7.12. The minimum Gasteiger partial charge on any atom is -0.348 e. The lowest BCUT2D eigenvalue weighted by atomic mass is 10.0. The van der Waals surface area contributed by atoms with Gasteiger partial charge in [-0.1, -0.05) is 29.8 Å². The van der Waals surface area contributed by atoms with E-state index in [1.54, 1.807) is 17.0 Å². The number of hydrogen-bond donors (Lipinski definition) is 1. The third-order valence-electron chi connectivity index (χ3n) is 3.97. The first-order valence-electron chi connectivity index (χ1n) is 7.53. The molecule has 0 saturated carbocycles. The van der Waals surface area contributed by atoms with Crippen molar-refractivity contribution in [3.8, 4) is 0 Å². The molecule has 1 aliphatic heterocycles. The highest BCUT2D eigenvalue weighted by Crippen LogP contribution is 2.20. The molecule has 1 fully saturated rings. The molecule has 1 saturated heterocycles. The van der Waals surface area contributed by atoms with Gasteiger partial charge in [0.15, 0.2) is 0 Å². The lowest BCUT2D eigenvalue weighted by Crippen LogP contribution is -2.46. The second-order valence-corrected chi connectivity index (χ2v) is 6.85. The fourth-order valence-corrected chi connectivity index (χ4v) is 3.54. The highest BCUT2D eigenvalue weighted by atomic mass is 35.5. The van der Waals surface area contributed by atoms with Crippen molar-refractivity contribution >= 4 is 34.8 Å². The van der Waals surface area contributed by atoms with E-state index in [0.717, 1.165) is 17.7 Å². The molecule has 0 atom stereocenters. The molecule has 1 N–H and O–H groups in total. The second kappa shape index (κ2) is 7.15. The van der Waals surface area contributed by atoms with Crippen LogP contribution in [0.15, 0.2) is 41.8 Å². The van der Waals surface area contributed by atoms with Crippen LogP contribution in [0.2, 0.25) is 5.02 Å². The number of carbonyl (C=O) groups excluding carboxylic acids is 2. The molecule has 1 aliphatic rings. The number of nitrogens with one attached hydrogen (secondary N) is 1. The molecule has 0 aliphatic carbocycles. The van der Waals surface area contributed by atoms with Gasteiger partial charge in [0.2, 0.25) is 0 Å². The van der Waals surface area contributed by atoms with Gasteiger partial charge in [0, 0.05) is 19.1 Å². The van der Waals surface area contributed by atoms with E-state index in [9.17, 15) is 9.59 Å². The Bertz CT molecular complexity index is 694. The molecule has 0 spiro atoms. The summed E-state index contributed by atoms with van der Waals surface area (Å²) < 4.78 is 0. The van der Waals surface area contributed by atoms with Gasteiger partial charge >= 0.3 is 0 Å². The second-order valence-electron chi connectivity index (χ2n) is 5.50. The zero-order chi connectivity index (χ0) is 16.2. The van der Waals surface area contributed by atoms with E-state index in [0.29, 0.717) is 23.7 Å². The Morgan fingerprint density at radius 2 is 1.87 bits per heavy atom. The van der Waals surface area contributed by atoms with E-state index in [1.165, 1.54) is 11.3 Å². The van der Waals surface area contributed by atoms with Gasteiger partial charge in [-0.15, -0.1) is 11.3 Å². The van der Waals surface area contributed by atoms with Gasteiger partial charge < -0.3 is 10.2 Å². The highest BCUT2D eigenvalue weighted by Gasteiger charge is 2.25. The molecule has 3 rings (SSSR count). The van der Waals surface area contributed by atoms with Gasteiger partial charge in [-0.25, -0.2) is 0 Å². The smallest absolute Gasteiger partial charge is 0.261 e. The van der Waals surface area contributed by atoms with E-state index >= 15 is 0 Å². The summed E-state index contributed by atoms with van der Waals surface area (Å²) in [6.45, 7) is 1.25. The van der Waals surface area contributed by atoms with Crippen LogP contribution in [0.5, 0.6) is 0 Å². The molecule has 1 aromatic heterocycles. The number of benzene rings is 1. The van der Waals surface area contributed by atoms with Crippen molar-refractivity contribution in [2.45, 2.75) is 18.9 Å². The molecule has 2 heterocycles. The topological polar surface area (TPSA) is 49.4 Å². The summed E-state index contributed by atoms with van der Waals surface area (Å²) in [5.41, 5.74) is 0.537. The van der Waals surface area contributed by atoms with Crippen molar-refractivity contribution in [2.75, 3.05) is 13.1 Å². The largest absolute Gasteiger partial charge is 0.348 e. The van der Waals surface area contributed by atoms with Crippen molar-refractivity contribution in [1.82, 2.24) is 10.2 Å². The monoisotopic (exact) mass is 348 g/mol. The Hall–Kier alpha value is -1.85. The molecule has 0 unspecified atom stereocenters. The maximum absolute atomic E-state index is 12.5. The van der Waals surface area contributed by atoms with Crippen LogP contribution in [-0.4, -0.2) is 35.8 Å². The molecule has 0 bridgehead atoms. The quantitative estimate of drug-likeness (QED) is 0.923. The summed E-state index contributed by atoms with van der Waals surface area (Å²) in [7, 11) is 0. The van der Waals surface area contributed by atoms with Crippen molar-refractivity contribution in [2.24, 2.45) is 0 Å². The lowest BCUT2D eigenvalue weighted by molar-refractivity contribution is 0.0698. The average molecular weight is 349 g/mol. The minimum absolute atomic E-state index is 0.0316. The summed E-state index contributed by atoms with van der Waals surface area (Å²) in [5, 5.41) is 5.41. The normalized spacial score (nSPS) is 15.4. The number of thiophene rings is 1. The Balaban J connectivity index is 1.55. The van der Waals surface area contributed by atoms with E-state index < -0.39 is 0 Å². The number of rotatable bonds is 3. The van der Waals surface area contributed by atoms with Crippen LogP contribution in [0.3, 0.4) is 0 Å². The van der Waals surface area contributed by atoms with Crippen molar-refractivity contribution in [3.63, 3.8) is 0 Å². The predicted molar refractivity (Wildman–Crippen MR) is 92.2 cm³/mol. The molecule has 4 nitrogen and oxygen atoms in total. The molecule has 0 radical (unpaired) electrons. The van der Waals surface area contributed by atoms with Crippen molar-refractivity contribution < 1.29 is 9.59 Å². The molecule has 23 heavy (non-hydrogen) atoms. The molecule has 2 amide bonds. The van der Waals surface area contributed by atoms with Crippen LogP contribution < -0.4 is 5.32 Å². The Morgan fingerprint density at radius 1 is 1.13 bits per heavy atom. The maximum Gasteiger partial charge on any atom is 0.261 e. The summed E-state index contributed by atoms with van der Waals surface area (Å²) in [6.07, 6.45) is 1.51. The van der Waals surface area contributed by atoms with Gasteiger partial charge in [0.25, 0.3) is 11.8 Å². The fraction of sp³-hybridized carbons (Fsp3) is 0.294. The number of halogens is 1. The van der Waals surface area contributed by atoms with Gasteiger partial charge in [-0.05, 0) is 36.4 Å². The van der Waals surface area contributed by atoms with Gasteiger partial charge in [0.05, 0.1) is 15.5 Å². The molecule has 120 valence electrons. The zero-order valence-corrected chi connectivity index (χ0v) is 14.1. The summed E-state index contributed by atoms with van der Waals surface area (Å²) >= 11 is 7.52. The van der Waals surface area contributed by atoms with Crippen molar-refractivity contribution in [1.29, 1.82) is 0 Å². The first-order chi connectivity index (χ1) is 11.1. The molecule has 6 heteroatoms. The molecular formula is C17H17ClN2O2S. The summed E-state index contributed by atoms with van der Waals surface area (Å²) in [4.78, 5) is 27.1. The standard InChI is InChI=1S/C17H17ClN2O2S/c18-14-5-2-1-4-13(14)17(22)20-9-7-12(8-10-20)19-16(21)15-6-3-11-23-15/h1-6,11-12H,7-10H2,(H,19,21). The Kier molecular flexibility index (Phi) is 4.98. The first kappa shape index (κ1) is 16.0. The van der Waals surface area contributed by atoms with E-state index in [1.807, 2.05) is 29.6 Å². The third kappa shape index (κ3) is 3.74. The van der Waals surface area contributed by atoms with Gasteiger partial charge in [-0.2, -0.15) is 0 Å². The number of carbonyl (C=O) groups is 2. The van der Waals surface area contributed by atoms with Crippen molar-refractivity contribution in [3.05, 3.63) is 57.2 Å². The van der Waals surface area contributed by atoms with Crippen LogP contribution in [0.25, 0.3) is 0 Å². The molecular weight excluding hydrogens is 332 g/mol. The van der Waals surface area contributed by atoms with E-state index in [-0.39, 0.29) is 17.9 Å². The first-order valence-corrected chi connectivity index (χ1v) is 8.79. The SMILES string of the molecule is O=C(NC1CCN(C(=O)c2ccccc2Cl)CC1)c1cccs1. The van der Waals surface area contributed by atoms with Crippen LogP contribution in [-0.2, 0) is 0 Å². The maximum atomic E-state index is 12.5. The van der Waals surface area contributed by atoms with E-state index in [2.05, 4.69) is 5.32 Å². The van der Waals surface area contributed by atoms with Gasteiger partial charge in [-0.3, -0.25) is 9.59 Å². The number of nitrogens with zero attached hydrogens (tertiary/aromatic N) is 1. The molecule has 2 aromatic rings. The van der Waals surface area contributed by atoms with Crippen LogP contribution >= 0.6 is 22.9 Å². The third-order valence-corrected chi connectivity index (χ3v) is 5.16. The Morgan fingerprint density at radius 3 is 2.52 bits per heavy atom. The summed E-state index contributed by atoms with van der Waals surface area (Å²) in [5.74, 6) is -0.0745. The van der Waals surface area contributed by atoms with Crippen LogP contribution in [0, 0.1) is 0 Å². The average Bonchev–Trinajstić information content (AvgIpc) is 3.10. The fourth-order valence-electron chi connectivity index (χ4n) is 2.70. The van der Waals surface area contributed by atoms with Crippen LogP contribution in [0.1, 0.15) is 32.9 Å². The van der Waals surface area contributed by atoms with Gasteiger partial charge in [0.1, 0.15) is 0 Å². The minimum atomic E-state index is -0.0429. The van der Waals surface area contributed by atoms with Crippen LogP contribution in [0.4, 0.5) is 0 Å². The zero-order valence-electron chi connectivity index (χ0n) is 12.5. The summed E-state index contributed by atoms with van der Waals surface area (Å²) in [6, 6.07) is 10.9.